The fourth-order valence-corrected chi connectivity index (χ4v) is 3.28. The highest BCUT2D eigenvalue weighted by Gasteiger charge is 2.13. The number of benzene rings is 1. The molecule has 0 saturated heterocycles. The van der Waals surface area contributed by atoms with Crippen molar-refractivity contribution in [2.45, 2.75) is 13.3 Å². The summed E-state index contributed by atoms with van der Waals surface area (Å²) in [6, 6.07) is 11.1. The molecule has 0 radical (unpaired) electrons. The molecule has 3 rings (SSSR count). The Morgan fingerprint density at radius 3 is 2.71 bits per heavy atom. The maximum absolute atomic E-state index is 12.3. The standard InChI is InChI=1S/C18H17N3O2S/c1-12-16(24-18(20-12)13-4-3-9-19-11-13)10-17(22)21-14-5-7-15(23-2)8-6-14/h3-9,11H,10H2,1-2H3,(H,21,22). The highest BCUT2D eigenvalue weighted by molar-refractivity contribution is 7.15. The lowest BCUT2D eigenvalue weighted by Crippen LogP contribution is -2.14. The number of ether oxygens (including phenoxy) is 1. The SMILES string of the molecule is COc1ccc(NC(=O)Cc2sc(-c3cccnc3)nc2C)cc1. The van der Waals surface area contributed by atoms with Gasteiger partial charge in [0.05, 0.1) is 19.2 Å². The van der Waals surface area contributed by atoms with E-state index < -0.39 is 0 Å². The van der Waals surface area contributed by atoms with E-state index in [2.05, 4.69) is 15.3 Å². The molecule has 0 bridgehead atoms. The number of hydrogen-bond donors (Lipinski definition) is 1. The minimum Gasteiger partial charge on any atom is -0.497 e. The predicted octanol–water partition coefficient (Wildman–Crippen LogP) is 3.70. The molecule has 1 aromatic carbocycles. The summed E-state index contributed by atoms with van der Waals surface area (Å²) in [5, 5.41) is 3.77. The molecule has 0 aliphatic carbocycles. The second-order valence-corrected chi connectivity index (χ2v) is 6.31. The first kappa shape index (κ1) is 16.1. The lowest BCUT2D eigenvalue weighted by atomic mass is 10.2. The largest absolute Gasteiger partial charge is 0.497 e. The number of nitrogens with one attached hydrogen (secondary N) is 1. The number of anilines is 1. The summed E-state index contributed by atoms with van der Waals surface area (Å²) in [5.41, 5.74) is 2.59. The molecule has 1 N–H and O–H groups in total. The zero-order chi connectivity index (χ0) is 16.9. The number of rotatable bonds is 5. The van der Waals surface area contributed by atoms with Crippen LogP contribution in [-0.2, 0) is 11.2 Å². The first-order valence-corrected chi connectivity index (χ1v) is 8.28. The van der Waals surface area contributed by atoms with E-state index >= 15 is 0 Å². The number of aromatic nitrogens is 2. The lowest BCUT2D eigenvalue weighted by molar-refractivity contribution is -0.115. The molecular formula is C18H17N3O2S. The third-order valence-electron chi connectivity index (χ3n) is 3.50. The van der Waals surface area contributed by atoms with Gasteiger partial charge in [-0.25, -0.2) is 4.98 Å². The highest BCUT2D eigenvalue weighted by atomic mass is 32.1. The van der Waals surface area contributed by atoms with Gasteiger partial charge in [0.2, 0.25) is 5.91 Å². The van der Waals surface area contributed by atoms with Gasteiger partial charge in [0, 0.05) is 28.5 Å². The summed E-state index contributed by atoms with van der Waals surface area (Å²) in [6.07, 6.45) is 3.81. The fourth-order valence-electron chi connectivity index (χ4n) is 2.23. The first-order valence-electron chi connectivity index (χ1n) is 7.46. The normalized spacial score (nSPS) is 10.4. The molecule has 122 valence electrons. The number of carbonyl (C=O) groups excluding carboxylic acids is 1. The van der Waals surface area contributed by atoms with Gasteiger partial charge in [0.25, 0.3) is 0 Å². The van der Waals surface area contributed by atoms with E-state index in [-0.39, 0.29) is 5.91 Å². The Hall–Kier alpha value is -2.73. The van der Waals surface area contributed by atoms with E-state index in [9.17, 15) is 4.79 Å². The van der Waals surface area contributed by atoms with Crippen molar-refractivity contribution in [3.63, 3.8) is 0 Å². The van der Waals surface area contributed by atoms with E-state index in [0.717, 1.165) is 32.6 Å². The van der Waals surface area contributed by atoms with Crippen molar-refractivity contribution in [2.75, 3.05) is 12.4 Å². The minimum atomic E-state index is -0.0651. The van der Waals surface area contributed by atoms with Gasteiger partial charge in [0.1, 0.15) is 10.8 Å². The molecule has 0 fully saturated rings. The molecule has 0 saturated carbocycles. The van der Waals surface area contributed by atoms with Crippen molar-refractivity contribution in [1.29, 1.82) is 0 Å². The van der Waals surface area contributed by atoms with Gasteiger partial charge >= 0.3 is 0 Å². The molecule has 2 aromatic heterocycles. The number of thiazole rings is 1. The van der Waals surface area contributed by atoms with Crippen molar-refractivity contribution >= 4 is 22.9 Å². The summed E-state index contributed by atoms with van der Waals surface area (Å²) in [4.78, 5) is 21.9. The summed E-state index contributed by atoms with van der Waals surface area (Å²) in [6.45, 7) is 1.92. The van der Waals surface area contributed by atoms with Gasteiger partial charge < -0.3 is 10.1 Å². The smallest absolute Gasteiger partial charge is 0.229 e. The quantitative estimate of drug-likeness (QED) is 0.770. The predicted molar refractivity (Wildman–Crippen MR) is 95.4 cm³/mol. The summed E-state index contributed by atoms with van der Waals surface area (Å²) >= 11 is 1.53. The van der Waals surface area contributed by atoms with Crippen LogP contribution in [0.15, 0.2) is 48.8 Å². The van der Waals surface area contributed by atoms with Gasteiger partial charge in [-0.05, 0) is 43.3 Å². The Morgan fingerprint density at radius 1 is 1.25 bits per heavy atom. The van der Waals surface area contributed by atoms with Crippen LogP contribution in [0.25, 0.3) is 10.6 Å². The van der Waals surface area contributed by atoms with Crippen LogP contribution in [0.1, 0.15) is 10.6 Å². The first-order chi connectivity index (χ1) is 11.7. The van der Waals surface area contributed by atoms with Crippen molar-refractivity contribution in [1.82, 2.24) is 9.97 Å². The number of aryl methyl sites for hydroxylation is 1. The second-order valence-electron chi connectivity index (χ2n) is 5.22. The van der Waals surface area contributed by atoms with E-state index in [1.54, 1.807) is 19.5 Å². The molecule has 1 amide bonds. The monoisotopic (exact) mass is 339 g/mol. The second kappa shape index (κ2) is 7.23. The third-order valence-corrected chi connectivity index (χ3v) is 4.70. The molecule has 0 aliphatic heterocycles. The fraction of sp³-hybridized carbons (Fsp3) is 0.167. The Morgan fingerprint density at radius 2 is 2.04 bits per heavy atom. The molecule has 5 nitrogen and oxygen atoms in total. The summed E-state index contributed by atoms with van der Waals surface area (Å²) in [5.74, 6) is 0.692. The maximum Gasteiger partial charge on any atom is 0.229 e. The van der Waals surface area contributed by atoms with Crippen molar-refractivity contribution in [2.24, 2.45) is 0 Å². The molecule has 0 atom stereocenters. The van der Waals surface area contributed by atoms with Crippen LogP contribution >= 0.6 is 11.3 Å². The van der Waals surface area contributed by atoms with Crippen LogP contribution in [0.2, 0.25) is 0 Å². The highest BCUT2D eigenvalue weighted by Crippen LogP contribution is 2.27. The average Bonchev–Trinajstić information content (AvgIpc) is 2.97. The number of amides is 1. The third kappa shape index (κ3) is 3.78. The van der Waals surface area contributed by atoms with Crippen LogP contribution in [0.3, 0.4) is 0 Å². The van der Waals surface area contributed by atoms with E-state index in [1.807, 2.05) is 43.3 Å². The maximum atomic E-state index is 12.3. The minimum absolute atomic E-state index is 0.0651. The van der Waals surface area contributed by atoms with Crippen molar-refractivity contribution in [3.05, 3.63) is 59.4 Å². The summed E-state index contributed by atoms with van der Waals surface area (Å²) in [7, 11) is 1.61. The van der Waals surface area contributed by atoms with Crippen LogP contribution in [0.4, 0.5) is 5.69 Å². The van der Waals surface area contributed by atoms with Gasteiger partial charge in [-0.2, -0.15) is 0 Å². The number of methoxy groups -OCH3 is 1. The van der Waals surface area contributed by atoms with E-state index in [1.165, 1.54) is 11.3 Å². The van der Waals surface area contributed by atoms with E-state index in [4.69, 9.17) is 4.74 Å². The lowest BCUT2D eigenvalue weighted by Gasteiger charge is -2.05. The topological polar surface area (TPSA) is 64.1 Å². The van der Waals surface area contributed by atoms with Crippen LogP contribution < -0.4 is 10.1 Å². The number of pyridine rings is 1. The zero-order valence-electron chi connectivity index (χ0n) is 13.4. The van der Waals surface area contributed by atoms with Gasteiger partial charge in [-0.15, -0.1) is 11.3 Å². The Labute approximate surface area is 144 Å². The molecule has 6 heteroatoms. The zero-order valence-corrected chi connectivity index (χ0v) is 14.3. The van der Waals surface area contributed by atoms with Crippen LogP contribution in [-0.4, -0.2) is 23.0 Å². The number of carbonyl (C=O) groups is 1. The van der Waals surface area contributed by atoms with Crippen molar-refractivity contribution in [3.8, 4) is 16.3 Å². The Kier molecular flexibility index (Phi) is 4.86. The van der Waals surface area contributed by atoms with Crippen molar-refractivity contribution < 1.29 is 9.53 Å². The average molecular weight is 339 g/mol. The molecule has 0 unspecified atom stereocenters. The molecule has 24 heavy (non-hydrogen) atoms. The Bertz CT molecular complexity index is 829. The molecular weight excluding hydrogens is 322 g/mol. The van der Waals surface area contributed by atoms with E-state index in [0.29, 0.717) is 6.42 Å². The molecule has 3 aromatic rings. The number of nitrogens with zero attached hydrogens (tertiary/aromatic N) is 2. The van der Waals surface area contributed by atoms with Crippen LogP contribution in [0, 0.1) is 6.92 Å². The molecule has 2 heterocycles. The molecule has 0 spiro atoms. The van der Waals surface area contributed by atoms with Gasteiger partial charge in [-0.1, -0.05) is 0 Å². The number of hydrogen-bond acceptors (Lipinski definition) is 5. The van der Waals surface area contributed by atoms with Crippen LogP contribution in [0.5, 0.6) is 5.75 Å². The van der Waals surface area contributed by atoms with Gasteiger partial charge in [0.15, 0.2) is 0 Å². The van der Waals surface area contributed by atoms with Gasteiger partial charge in [-0.3, -0.25) is 9.78 Å². The Balaban J connectivity index is 1.69. The summed E-state index contributed by atoms with van der Waals surface area (Å²) < 4.78 is 5.11. The molecule has 0 aliphatic rings.